The van der Waals surface area contributed by atoms with E-state index in [1.165, 1.54) is 65.5 Å². The highest BCUT2D eigenvalue weighted by Crippen LogP contribution is 2.68. The Labute approximate surface area is 895 Å². The first-order chi connectivity index (χ1) is 69.8. The molecular weight excluding hydrogens is 2120 g/mol. The normalized spacial score (nSPS) is 30.0. The Morgan fingerprint density at radius 3 is 0.877 bits per heavy atom. The average molecular weight is 2250 g/mol. The smallest absolute Gasteiger partial charge is 0.264 e. The first kappa shape index (κ1) is 106. The predicted molar refractivity (Wildman–Crippen MR) is 567 cm³/mol. The predicted octanol–water partition coefficient (Wildman–Crippen LogP) is 15.1. The highest BCUT2D eigenvalue weighted by atomic mass is 79.9. The summed E-state index contributed by atoms with van der Waals surface area (Å²) in [6.07, 6.45) is 27.3. The number of phenols is 1. The van der Waals surface area contributed by atoms with Crippen molar-refractivity contribution in [3.05, 3.63) is 234 Å². The summed E-state index contributed by atoms with van der Waals surface area (Å²) in [6.45, 7) is 7.48. The molecule has 0 aromatic heterocycles. The highest BCUT2D eigenvalue weighted by molar-refractivity contribution is 9.09. The molecule has 30 rings (SSSR count). The first-order valence-corrected chi connectivity index (χ1v) is 56.8. The monoisotopic (exact) mass is 2240 g/mol. The van der Waals surface area contributed by atoms with Gasteiger partial charge in [-0.1, -0.05) is 108 Å². The van der Waals surface area contributed by atoms with E-state index in [2.05, 4.69) is 114 Å². The van der Waals surface area contributed by atoms with Crippen molar-refractivity contribution in [3.8, 4) is 46.0 Å². The third-order valence-electron chi connectivity index (χ3n) is 32.4. The molecule has 5 unspecified atom stereocenters. The number of amides is 5. The van der Waals surface area contributed by atoms with E-state index in [1.54, 1.807) is 127 Å². The summed E-state index contributed by atoms with van der Waals surface area (Å²) in [5, 5.41) is 47.8. The molecule has 28 nitrogen and oxygen atoms in total. The molecule has 4 aliphatic heterocycles. The van der Waals surface area contributed by atoms with Gasteiger partial charge in [0.15, 0.2) is 33.0 Å². The minimum atomic E-state index is -3.42. The van der Waals surface area contributed by atoms with Crippen molar-refractivity contribution in [2.75, 3.05) is 102 Å². The van der Waals surface area contributed by atoms with Crippen LogP contribution in [-0.4, -0.2) is 261 Å². The molecule has 8 aromatic carbocycles. The number of β-amino-alcohol motifs (C(OH)–C–C–N with tert-alkyl or cyclic N) is 1. The van der Waals surface area contributed by atoms with Crippen LogP contribution in [0.2, 0.25) is 25.1 Å². The number of carbonyl (C=O) groups is 5. The Balaban J connectivity index is 0.000000112. The maximum atomic E-state index is 12.4. The standard InChI is InChI=1S/2C25H27ClN2O3.C18H23ClN2O5S.C17H21ClN2O3.C13H15ClN2O2.C8H8O.C4H8Br2O/c2*26-19-4-7-20(8-5-19)30-13-23(29)27-24-14-25(15-24,16-24)28-10-9-22(12-28)31-21-6-3-17-1-2-18(17)11-21;1-27(23,24)26-15-6-7-21(8-15)18-10-17(11-18,12-18)20-16(22)9-25-14-4-2-13(19)3-5-14;18-12-1-3-14(4-2-12)23-8-15(22)19-16-9-17(10-16,11-16)20-6-5-13(21)7-20;14-9-1-3-10(4-2-9)18-5-11(17)16-13-6-12(15,7-13)8-13;9-8-4-3-6-1-2-7(6)5-8;5-2-1-4(7)3-6/h2*3-8,11,22H,1-2,9-10,12-16H2,(H,27,29);2-5,15H,6-12H2,1H3,(H,20,22);1-4,13,21H,5-11H2,(H,19,22);1-4H,5-8,15H2,(H,16,17);3-5,9H,1-2H2;4,7H,1-3H2. The van der Waals surface area contributed by atoms with Crippen LogP contribution in [0.25, 0.3) is 0 Å². The number of hydrogen-bond donors (Lipinski definition) is 9. The van der Waals surface area contributed by atoms with Crippen molar-refractivity contribution >= 4 is 130 Å². The van der Waals surface area contributed by atoms with Crippen LogP contribution >= 0.6 is 89.9 Å². The molecule has 782 valence electrons. The Morgan fingerprint density at radius 2 is 0.637 bits per heavy atom. The van der Waals surface area contributed by atoms with Crippen LogP contribution in [0.5, 0.6) is 46.0 Å². The van der Waals surface area contributed by atoms with Gasteiger partial charge in [-0.05, 0) is 358 Å². The lowest BCUT2D eigenvalue weighted by Gasteiger charge is -2.73. The number of hydrogen-bond acceptors (Lipinski definition) is 23. The topological polar surface area (TPSA) is 353 Å². The number of likely N-dealkylation sites (tertiary alicyclic amines) is 4. The van der Waals surface area contributed by atoms with Crippen LogP contribution in [-0.2, 0) is 76.8 Å². The van der Waals surface area contributed by atoms with Gasteiger partial charge < -0.3 is 80.8 Å². The van der Waals surface area contributed by atoms with E-state index in [0.29, 0.717) is 71.5 Å². The van der Waals surface area contributed by atoms with Gasteiger partial charge in [0.1, 0.15) is 58.2 Å². The summed E-state index contributed by atoms with van der Waals surface area (Å²) in [7, 11) is -3.42. The van der Waals surface area contributed by atoms with Gasteiger partial charge in [0, 0.05) is 144 Å². The molecule has 0 radical (unpaired) electrons. The second kappa shape index (κ2) is 43.7. The quantitative estimate of drug-likeness (QED) is 0.0136. The van der Waals surface area contributed by atoms with Crippen LogP contribution < -0.4 is 65.5 Å². The first-order valence-electron chi connectivity index (χ1n) is 50.8. The van der Waals surface area contributed by atoms with Gasteiger partial charge in [-0.25, -0.2) is 0 Å². The molecule has 19 fully saturated rings. The zero-order valence-corrected chi connectivity index (χ0v) is 89.8. The number of halogens is 7. The lowest BCUT2D eigenvalue weighted by atomic mass is 9.43. The molecule has 10 N–H and O–H groups in total. The second-order valence-corrected chi connectivity index (χ2v) is 49.1. The molecule has 10 bridgehead atoms. The SMILES string of the molecule is CS(=O)(=O)OC1CCN(C23CC(NC(=O)COc4ccc(Cl)cc4)(C2)C3)C1.NC12CC(NC(=O)COc3ccc(Cl)cc3)(C1)C2.O=C(COc1ccc(Cl)cc1)NC12CC(N3CCC(O)C3)(C1)C2.O=C(COc1ccc(Cl)cc1)NC12CC(N3CCC(Oc4ccc5c(c4)CC5)C3)(C1)C2.O=C(COc1ccc(Cl)cc1)NC12CC(N3CCC(Oc4ccc5c(c4)CC5)C3)(C1)C2.OC(CBr)CCBr.Oc1ccc2c(c1)CC2. The molecule has 22 aliphatic rings. The number of nitrogens with zero attached hydrogens (tertiary/aromatic N) is 4. The number of aromatic hydroxyl groups is 1. The van der Waals surface area contributed by atoms with E-state index in [4.69, 9.17) is 111 Å². The van der Waals surface area contributed by atoms with E-state index in [9.17, 15) is 37.5 Å². The van der Waals surface area contributed by atoms with Crippen LogP contribution in [0, 0.1) is 0 Å². The molecule has 18 aliphatic carbocycles. The number of fused-ring (bicyclic) bond motifs is 3. The maximum absolute atomic E-state index is 12.4. The Hall–Kier alpha value is -8.45. The number of nitrogens with one attached hydrogen (secondary N) is 5. The minimum absolute atomic E-state index is 0.00428. The Kier molecular flexibility index (Phi) is 31.7. The third-order valence-corrected chi connectivity index (χ3v) is 35.5. The number of aliphatic hydroxyl groups is 2. The van der Waals surface area contributed by atoms with Gasteiger partial charge in [0.05, 0.1) is 24.6 Å². The van der Waals surface area contributed by atoms with Crippen LogP contribution in [0.3, 0.4) is 0 Å². The average Bonchev–Trinajstić information content (AvgIpc) is 1.15. The van der Waals surface area contributed by atoms with E-state index < -0.39 is 10.1 Å². The molecule has 36 heteroatoms. The van der Waals surface area contributed by atoms with E-state index >= 15 is 0 Å². The fraction of sp³-hybridized carbons (Fsp3) is 0.518. The fourth-order valence-corrected chi connectivity index (χ4v) is 27.4. The summed E-state index contributed by atoms with van der Waals surface area (Å²) in [6, 6.07) is 53.7. The largest absolute Gasteiger partial charge is 0.508 e. The number of ether oxygens (including phenoxy) is 7. The zero-order chi connectivity index (χ0) is 102. The van der Waals surface area contributed by atoms with Crippen molar-refractivity contribution < 1.29 is 85.1 Å². The lowest BCUT2D eigenvalue weighted by Crippen LogP contribution is -2.83. The third kappa shape index (κ3) is 25.0. The van der Waals surface area contributed by atoms with Gasteiger partial charge in [-0.3, -0.25) is 47.8 Å². The van der Waals surface area contributed by atoms with E-state index in [1.807, 2.05) is 12.1 Å². The van der Waals surface area contributed by atoms with Gasteiger partial charge in [-0.15, -0.1) is 0 Å². The molecule has 8 aromatic rings. The summed E-state index contributed by atoms with van der Waals surface area (Å²) < 4.78 is 67.8. The van der Waals surface area contributed by atoms with Gasteiger partial charge in [-0.2, -0.15) is 8.42 Å². The number of nitrogens with two attached hydrogens (primary N) is 1. The van der Waals surface area contributed by atoms with Gasteiger partial charge >= 0.3 is 0 Å². The summed E-state index contributed by atoms with van der Waals surface area (Å²) in [5.74, 6) is 5.25. The number of aryl methyl sites for hydroxylation is 6. The van der Waals surface area contributed by atoms with E-state index in [0.717, 1.165) is 204 Å². The van der Waals surface area contributed by atoms with Crippen molar-refractivity contribution in [3.63, 3.8) is 0 Å². The molecule has 15 saturated carbocycles. The second-order valence-electron chi connectivity index (χ2n) is 43.9. The number of aliphatic hydroxyl groups excluding tert-OH is 2. The summed E-state index contributed by atoms with van der Waals surface area (Å²) in [4.78, 5) is 70.6. The van der Waals surface area contributed by atoms with E-state index in [-0.39, 0.29) is 148 Å². The molecular formula is C110H129Br2Cl5N10O18S. The molecule has 5 atom stereocenters. The number of carbonyl (C=O) groups excluding carboxylic acids is 5. The van der Waals surface area contributed by atoms with Gasteiger partial charge in [0.2, 0.25) is 0 Å². The molecule has 146 heavy (non-hydrogen) atoms. The van der Waals surface area contributed by atoms with Gasteiger partial charge in [0.25, 0.3) is 39.7 Å². The minimum Gasteiger partial charge on any atom is -0.508 e. The van der Waals surface area contributed by atoms with Crippen molar-refractivity contribution in [2.24, 2.45) is 5.73 Å². The number of benzene rings is 8. The van der Waals surface area contributed by atoms with Crippen molar-refractivity contribution in [1.82, 2.24) is 46.2 Å². The van der Waals surface area contributed by atoms with Crippen LogP contribution in [0.1, 0.15) is 162 Å². The van der Waals surface area contributed by atoms with Crippen LogP contribution in [0.4, 0.5) is 0 Å². The molecule has 4 heterocycles. The maximum Gasteiger partial charge on any atom is 0.264 e. The van der Waals surface area contributed by atoms with Crippen molar-refractivity contribution in [2.45, 2.75) is 253 Å². The highest BCUT2D eigenvalue weighted by Gasteiger charge is 2.75. The Bertz CT molecular complexity index is 5920. The number of rotatable bonds is 33. The summed E-state index contributed by atoms with van der Waals surface area (Å²) >= 11 is 35.5. The molecule has 4 saturated heterocycles. The van der Waals surface area contributed by atoms with Crippen molar-refractivity contribution in [1.29, 1.82) is 0 Å². The Morgan fingerprint density at radius 1 is 0.377 bits per heavy atom. The summed E-state index contributed by atoms with van der Waals surface area (Å²) in [5.41, 5.74) is 15.1. The molecule has 5 amide bonds. The lowest BCUT2D eigenvalue weighted by molar-refractivity contribution is -0.180. The molecule has 0 spiro atoms. The number of phenolic OH excluding ortho intramolecular Hbond substituents is 1. The fourth-order valence-electron chi connectivity index (χ4n) is 25.3. The van der Waals surface area contributed by atoms with Crippen LogP contribution in [0.15, 0.2) is 176 Å². The zero-order valence-electron chi connectivity index (χ0n) is 82.0. The number of alkyl halides is 2.